The lowest BCUT2D eigenvalue weighted by atomic mass is 10.1. The van der Waals surface area contributed by atoms with Crippen molar-refractivity contribution in [3.05, 3.63) is 35.4 Å². The van der Waals surface area contributed by atoms with Crippen LogP contribution < -0.4 is 0 Å². The van der Waals surface area contributed by atoms with E-state index < -0.39 is 0 Å². The molecule has 1 rings (SSSR count). The van der Waals surface area contributed by atoms with Gasteiger partial charge < -0.3 is 14.4 Å². The van der Waals surface area contributed by atoms with E-state index in [-0.39, 0.29) is 12.5 Å². The molecule has 0 aliphatic carbocycles. The molecule has 0 aromatic heterocycles. The van der Waals surface area contributed by atoms with Gasteiger partial charge in [-0.15, -0.1) is 0 Å². The Morgan fingerprint density at radius 1 is 1.33 bits per heavy atom. The normalized spacial score (nSPS) is 10.4. The highest BCUT2D eigenvalue weighted by Gasteiger charge is 2.09. The average Bonchev–Trinajstić information content (AvgIpc) is 2.34. The van der Waals surface area contributed by atoms with E-state index in [2.05, 4.69) is 6.07 Å². The van der Waals surface area contributed by atoms with Crippen LogP contribution >= 0.6 is 0 Å². The first kappa shape index (κ1) is 14.7. The number of hydrogen-bond acceptors (Lipinski definition) is 3. The topological polar surface area (TPSA) is 38.8 Å². The second-order valence-electron chi connectivity index (χ2n) is 4.28. The maximum atomic E-state index is 11.8. The fraction of sp³-hybridized carbons (Fsp3) is 0.500. The van der Waals surface area contributed by atoms with Crippen molar-refractivity contribution in [1.82, 2.24) is 4.90 Å². The molecule has 18 heavy (non-hydrogen) atoms. The number of hydrogen-bond donors (Lipinski definition) is 0. The van der Waals surface area contributed by atoms with Gasteiger partial charge in [-0.25, -0.2) is 0 Å². The molecule has 1 amide bonds. The van der Waals surface area contributed by atoms with Crippen LogP contribution in [0.5, 0.6) is 0 Å². The number of benzene rings is 1. The van der Waals surface area contributed by atoms with Gasteiger partial charge in [0.05, 0.1) is 13.2 Å². The second-order valence-corrected chi connectivity index (χ2v) is 4.28. The number of carbonyl (C=O) groups excluding carboxylic acids is 1. The van der Waals surface area contributed by atoms with Gasteiger partial charge in [-0.2, -0.15) is 0 Å². The van der Waals surface area contributed by atoms with Crippen molar-refractivity contribution < 1.29 is 14.3 Å². The minimum Gasteiger partial charge on any atom is -0.382 e. The summed E-state index contributed by atoms with van der Waals surface area (Å²) in [6.45, 7) is 3.70. The molecule has 0 unspecified atom stereocenters. The third-order valence-corrected chi connectivity index (χ3v) is 2.59. The minimum absolute atomic E-state index is 0.0207. The Kier molecular flexibility index (Phi) is 6.39. The van der Waals surface area contributed by atoms with E-state index in [1.54, 1.807) is 19.1 Å². The Bertz CT molecular complexity index is 379. The number of ether oxygens (including phenoxy) is 2. The van der Waals surface area contributed by atoms with Crippen LogP contribution in [0.1, 0.15) is 11.1 Å². The third kappa shape index (κ3) is 5.29. The summed E-state index contributed by atoms with van der Waals surface area (Å²) < 4.78 is 10.0. The lowest BCUT2D eigenvalue weighted by Crippen LogP contribution is -2.30. The SMILES string of the molecule is COCCOCC(=O)N(C)Cc1cccc(C)c1. The van der Waals surface area contributed by atoms with Crippen LogP contribution in [0, 0.1) is 6.92 Å². The largest absolute Gasteiger partial charge is 0.382 e. The average molecular weight is 251 g/mol. The molecule has 100 valence electrons. The van der Waals surface area contributed by atoms with Gasteiger partial charge in [0.2, 0.25) is 5.91 Å². The molecule has 0 heterocycles. The number of rotatable bonds is 7. The van der Waals surface area contributed by atoms with Crippen LogP contribution in [0.2, 0.25) is 0 Å². The first-order chi connectivity index (χ1) is 8.63. The van der Waals surface area contributed by atoms with Gasteiger partial charge in [0.1, 0.15) is 6.61 Å². The number of aryl methyl sites for hydroxylation is 1. The summed E-state index contributed by atoms with van der Waals surface area (Å²) in [6, 6.07) is 8.13. The number of amides is 1. The van der Waals surface area contributed by atoms with Gasteiger partial charge in [0.25, 0.3) is 0 Å². The molecular weight excluding hydrogens is 230 g/mol. The number of likely N-dealkylation sites (N-methyl/N-ethyl adjacent to an activating group) is 1. The number of nitrogens with zero attached hydrogens (tertiary/aromatic N) is 1. The molecule has 0 saturated carbocycles. The van der Waals surface area contributed by atoms with Gasteiger partial charge in [-0.05, 0) is 12.5 Å². The molecule has 0 bridgehead atoms. The van der Waals surface area contributed by atoms with E-state index in [0.29, 0.717) is 19.8 Å². The Labute approximate surface area is 108 Å². The number of methoxy groups -OCH3 is 1. The van der Waals surface area contributed by atoms with Crippen LogP contribution in [-0.4, -0.2) is 44.8 Å². The maximum absolute atomic E-state index is 11.8. The molecule has 0 saturated heterocycles. The van der Waals surface area contributed by atoms with Crippen molar-refractivity contribution >= 4 is 5.91 Å². The zero-order valence-electron chi connectivity index (χ0n) is 11.3. The van der Waals surface area contributed by atoms with Gasteiger partial charge >= 0.3 is 0 Å². The Morgan fingerprint density at radius 2 is 2.11 bits per heavy atom. The van der Waals surface area contributed by atoms with Crippen molar-refractivity contribution in [3.8, 4) is 0 Å². The summed E-state index contributed by atoms with van der Waals surface area (Å²) >= 11 is 0. The van der Waals surface area contributed by atoms with E-state index in [4.69, 9.17) is 9.47 Å². The van der Waals surface area contributed by atoms with Gasteiger partial charge in [0, 0.05) is 20.7 Å². The van der Waals surface area contributed by atoms with Crippen LogP contribution in [0.25, 0.3) is 0 Å². The highest BCUT2D eigenvalue weighted by molar-refractivity contribution is 5.77. The van der Waals surface area contributed by atoms with Crippen LogP contribution in [0.4, 0.5) is 0 Å². The quantitative estimate of drug-likeness (QED) is 0.691. The third-order valence-electron chi connectivity index (χ3n) is 2.59. The van der Waals surface area contributed by atoms with Crippen molar-refractivity contribution in [2.75, 3.05) is 34.0 Å². The van der Waals surface area contributed by atoms with Crippen LogP contribution in [0.15, 0.2) is 24.3 Å². The lowest BCUT2D eigenvalue weighted by Gasteiger charge is -2.17. The van der Waals surface area contributed by atoms with Gasteiger partial charge in [-0.3, -0.25) is 4.79 Å². The predicted octanol–water partition coefficient (Wildman–Crippen LogP) is 1.62. The fourth-order valence-electron chi connectivity index (χ4n) is 1.58. The zero-order chi connectivity index (χ0) is 13.4. The molecule has 1 aromatic rings. The van der Waals surface area contributed by atoms with Crippen molar-refractivity contribution in [2.45, 2.75) is 13.5 Å². The van der Waals surface area contributed by atoms with Gasteiger partial charge in [0.15, 0.2) is 0 Å². The predicted molar refractivity (Wildman–Crippen MR) is 70.3 cm³/mol. The Morgan fingerprint density at radius 3 is 2.78 bits per heavy atom. The summed E-state index contributed by atoms with van der Waals surface area (Å²) in [5, 5.41) is 0. The van der Waals surface area contributed by atoms with Crippen molar-refractivity contribution in [2.24, 2.45) is 0 Å². The molecule has 0 atom stereocenters. The molecule has 4 heteroatoms. The first-order valence-electron chi connectivity index (χ1n) is 5.99. The molecule has 0 spiro atoms. The highest BCUT2D eigenvalue weighted by Crippen LogP contribution is 2.06. The standard InChI is InChI=1S/C14H21NO3/c1-12-5-4-6-13(9-12)10-15(2)14(16)11-18-8-7-17-3/h4-6,9H,7-8,10-11H2,1-3H3. The minimum atomic E-state index is -0.0207. The summed E-state index contributed by atoms with van der Waals surface area (Å²) in [5.74, 6) is -0.0207. The van der Waals surface area contributed by atoms with Crippen molar-refractivity contribution in [3.63, 3.8) is 0 Å². The summed E-state index contributed by atoms with van der Waals surface area (Å²) in [7, 11) is 3.39. The van der Waals surface area contributed by atoms with Gasteiger partial charge in [-0.1, -0.05) is 29.8 Å². The molecule has 0 aliphatic rings. The number of carbonyl (C=O) groups is 1. The second kappa shape index (κ2) is 7.84. The van der Waals surface area contributed by atoms with E-state index >= 15 is 0 Å². The van der Waals surface area contributed by atoms with E-state index in [0.717, 1.165) is 5.56 Å². The van der Waals surface area contributed by atoms with E-state index in [1.165, 1.54) is 5.56 Å². The summed E-state index contributed by atoms with van der Waals surface area (Å²) in [6.07, 6.45) is 0. The molecule has 0 N–H and O–H groups in total. The molecule has 0 radical (unpaired) electrons. The molecule has 0 fully saturated rings. The fourth-order valence-corrected chi connectivity index (χ4v) is 1.58. The Balaban J connectivity index is 2.35. The lowest BCUT2D eigenvalue weighted by molar-refractivity contribution is -0.135. The smallest absolute Gasteiger partial charge is 0.248 e. The summed E-state index contributed by atoms with van der Waals surface area (Å²) in [4.78, 5) is 13.4. The zero-order valence-corrected chi connectivity index (χ0v) is 11.3. The molecule has 4 nitrogen and oxygen atoms in total. The highest BCUT2D eigenvalue weighted by atomic mass is 16.5. The molecule has 0 aliphatic heterocycles. The van der Waals surface area contributed by atoms with Crippen LogP contribution in [0.3, 0.4) is 0 Å². The monoisotopic (exact) mass is 251 g/mol. The van der Waals surface area contributed by atoms with Crippen LogP contribution in [-0.2, 0) is 20.8 Å². The van der Waals surface area contributed by atoms with E-state index in [9.17, 15) is 4.79 Å². The molecular formula is C14H21NO3. The van der Waals surface area contributed by atoms with Crippen molar-refractivity contribution in [1.29, 1.82) is 0 Å². The molecule has 1 aromatic carbocycles. The first-order valence-corrected chi connectivity index (χ1v) is 5.99. The summed E-state index contributed by atoms with van der Waals surface area (Å²) in [5.41, 5.74) is 2.33. The Hall–Kier alpha value is -1.39. The maximum Gasteiger partial charge on any atom is 0.248 e. The van der Waals surface area contributed by atoms with E-state index in [1.807, 2.05) is 25.1 Å².